The topological polar surface area (TPSA) is 59.3 Å². The van der Waals surface area contributed by atoms with Crippen LogP contribution in [-0.4, -0.2) is 20.5 Å². The number of carbonyl (C=O) groups excluding carboxylic acids is 1. The molecule has 0 aliphatic carbocycles. The van der Waals surface area contributed by atoms with Gasteiger partial charge in [-0.1, -0.05) is 34.8 Å². The second kappa shape index (κ2) is 7.43. The molecule has 5 nitrogen and oxygen atoms in total. The summed E-state index contributed by atoms with van der Waals surface area (Å²) < 4.78 is 1.75. The molecule has 4 rings (SSSR count). The van der Waals surface area contributed by atoms with Gasteiger partial charge in [0.05, 0.1) is 10.0 Å². The van der Waals surface area contributed by atoms with E-state index in [1.807, 2.05) is 6.92 Å². The Morgan fingerprint density at radius 1 is 1.00 bits per heavy atom. The van der Waals surface area contributed by atoms with E-state index in [2.05, 4.69) is 15.5 Å². The van der Waals surface area contributed by atoms with Gasteiger partial charge in [-0.05, 0) is 61.0 Å². The molecule has 0 unspecified atom stereocenters. The monoisotopic (exact) mass is 430 g/mol. The molecule has 0 fully saturated rings. The van der Waals surface area contributed by atoms with E-state index in [0.29, 0.717) is 43.4 Å². The number of rotatable bonds is 3. The van der Waals surface area contributed by atoms with Gasteiger partial charge in [0.25, 0.3) is 5.91 Å². The Bertz CT molecular complexity index is 1220. The van der Waals surface area contributed by atoms with Crippen molar-refractivity contribution in [1.29, 1.82) is 0 Å². The van der Waals surface area contributed by atoms with Crippen LogP contribution in [-0.2, 0) is 0 Å². The van der Waals surface area contributed by atoms with Crippen LogP contribution in [0.2, 0.25) is 15.1 Å². The van der Waals surface area contributed by atoms with Crippen molar-refractivity contribution in [3.05, 3.63) is 80.9 Å². The van der Waals surface area contributed by atoms with Crippen molar-refractivity contribution < 1.29 is 4.79 Å². The number of anilines is 1. The van der Waals surface area contributed by atoms with E-state index < -0.39 is 0 Å². The second-order valence-corrected chi connectivity index (χ2v) is 7.43. The zero-order chi connectivity index (χ0) is 19.8. The number of fused-ring (bicyclic) bond motifs is 1. The Balaban J connectivity index is 1.71. The third-order valence-corrected chi connectivity index (χ3v) is 5.15. The van der Waals surface area contributed by atoms with Gasteiger partial charge in [0.15, 0.2) is 11.5 Å². The largest absolute Gasteiger partial charge is 0.322 e. The van der Waals surface area contributed by atoms with Crippen LogP contribution in [0.1, 0.15) is 15.9 Å². The molecule has 0 aliphatic heterocycles. The molecule has 1 N–H and O–H groups in total. The molecule has 2 aromatic heterocycles. The molecular weight excluding hydrogens is 419 g/mol. The van der Waals surface area contributed by atoms with Crippen LogP contribution < -0.4 is 5.32 Å². The highest BCUT2D eigenvalue weighted by atomic mass is 35.5. The van der Waals surface area contributed by atoms with Crippen molar-refractivity contribution >= 4 is 52.0 Å². The quantitative estimate of drug-likeness (QED) is 0.438. The number of aromatic nitrogens is 3. The fraction of sp³-hybridized carbons (Fsp3) is 0.0500. The Kier molecular flexibility index (Phi) is 4.98. The lowest BCUT2D eigenvalue weighted by Crippen LogP contribution is -2.13. The van der Waals surface area contributed by atoms with Gasteiger partial charge in [0.1, 0.15) is 0 Å². The van der Waals surface area contributed by atoms with Gasteiger partial charge in [-0.2, -0.15) is 0 Å². The van der Waals surface area contributed by atoms with E-state index >= 15 is 0 Å². The number of hydrogen-bond donors (Lipinski definition) is 1. The van der Waals surface area contributed by atoms with Gasteiger partial charge in [-0.3, -0.25) is 9.20 Å². The number of nitrogens with zero attached hydrogens (tertiary/aromatic N) is 3. The Morgan fingerprint density at radius 3 is 2.61 bits per heavy atom. The van der Waals surface area contributed by atoms with Gasteiger partial charge >= 0.3 is 0 Å². The summed E-state index contributed by atoms with van der Waals surface area (Å²) in [5, 5.41) is 12.8. The molecule has 2 aromatic carbocycles. The fourth-order valence-corrected chi connectivity index (χ4v) is 3.55. The molecule has 1 amide bonds. The molecule has 4 aromatic rings. The average Bonchev–Trinajstić information content (AvgIpc) is 3.08. The first-order chi connectivity index (χ1) is 13.4. The van der Waals surface area contributed by atoms with Crippen LogP contribution in [0.3, 0.4) is 0 Å². The Hall–Kier alpha value is -2.60. The molecule has 140 valence electrons. The molecular formula is C20H13Cl3N4O. The van der Waals surface area contributed by atoms with E-state index in [-0.39, 0.29) is 5.91 Å². The molecule has 0 saturated carbocycles. The number of benzene rings is 2. The van der Waals surface area contributed by atoms with Crippen molar-refractivity contribution in [3.63, 3.8) is 0 Å². The normalized spacial score (nSPS) is 11.0. The summed E-state index contributed by atoms with van der Waals surface area (Å²) in [6.45, 7) is 1.83. The van der Waals surface area contributed by atoms with E-state index in [1.54, 1.807) is 59.1 Å². The molecule has 0 aliphatic rings. The Labute approximate surface area is 175 Å². The molecule has 0 radical (unpaired) electrons. The van der Waals surface area contributed by atoms with Crippen molar-refractivity contribution in [2.75, 3.05) is 5.32 Å². The van der Waals surface area contributed by atoms with Crippen LogP contribution in [0.4, 0.5) is 5.69 Å². The molecule has 2 heterocycles. The van der Waals surface area contributed by atoms with Gasteiger partial charge < -0.3 is 5.32 Å². The maximum atomic E-state index is 12.6. The predicted molar refractivity (Wildman–Crippen MR) is 113 cm³/mol. The molecule has 0 atom stereocenters. The van der Waals surface area contributed by atoms with Gasteiger partial charge in [-0.25, -0.2) is 0 Å². The third kappa shape index (κ3) is 3.44. The highest BCUT2D eigenvalue weighted by molar-refractivity contribution is 6.34. The predicted octanol–water partition coefficient (Wildman–Crippen LogP) is 5.92. The van der Waals surface area contributed by atoms with Crippen molar-refractivity contribution in [2.24, 2.45) is 0 Å². The summed E-state index contributed by atoms with van der Waals surface area (Å²) in [5.41, 5.74) is 3.07. The average molecular weight is 432 g/mol. The van der Waals surface area contributed by atoms with E-state index in [1.165, 1.54) is 0 Å². The summed E-state index contributed by atoms with van der Waals surface area (Å²) in [6.07, 6.45) is 1.80. The summed E-state index contributed by atoms with van der Waals surface area (Å²) in [7, 11) is 0. The highest BCUT2D eigenvalue weighted by Crippen LogP contribution is 2.31. The minimum absolute atomic E-state index is 0.239. The van der Waals surface area contributed by atoms with Crippen LogP contribution in [0, 0.1) is 6.92 Å². The number of amides is 1. The number of aryl methyl sites for hydroxylation is 1. The standard InChI is InChI=1S/C20H13Cl3N4O/c1-11-9-12(21)4-6-14(11)20(28)24-13-5-7-16(22)15(10-13)18-25-26-19-17(23)3-2-8-27(18)19/h2-10H,1H3,(H,24,28). The first-order valence-corrected chi connectivity index (χ1v) is 9.44. The number of halogens is 3. The third-order valence-electron chi connectivity index (χ3n) is 4.29. The first kappa shape index (κ1) is 18.7. The summed E-state index contributed by atoms with van der Waals surface area (Å²) in [4.78, 5) is 12.6. The minimum Gasteiger partial charge on any atom is -0.322 e. The number of hydrogen-bond acceptors (Lipinski definition) is 3. The lowest BCUT2D eigenvalue weighted by Gasteiger charge is -2.10. The van der Waals surface area contributed by atoms with Gasteiger partial charge in [0.2, 0.25) is 0 Å². The smallest absolute Gasteiger partial charge is 0.255 e. The van der Waals surface area contributed by atoms with Crippen molar-refractivity contribution in [3.8, 4) is 11.4 Å². The lowest BCUT2D eigenvalue weighted by atomic mass is 10.1. The minimum atomic E-state index is -0.239. The molecule has 8 heteroatoms. The Morgan fingerprint density at radius 2 is 1.82 bits per heavy atom. The summed E-state index contributed by atoms with van der Waals surface area (Å²) in [6, 6.07) is 13.8. The van der Waals surface area contributed by atoms with Crippen LogP contribution in [0.5, 0.6) is 0 Å². The van der Waals surface area contributed by atoms with Crippen LogP contribution >= 0.6 is 34.8 Å². The van der Waals surface area contributed by atoms with E-state index in [4.69, 9.17) is 34.8 Å². The van der Waals surface area contributed by atoms with Crippen LogP contribution in [0.15, 0.2) is 54.7 Å². The fourth-order valence-electron chi connectivity index (χ4n) is 2.92. The van der Waals surface area contributed by atoms with E-state index in [0.717, 1.165) is 5.56 Å². The molecule has 28 heavy (non-hydrogen) atoms. The zero-order valence-electron chi connectivity index (χ0n) is 14.6. The second-order valence-electron chi connectivity index (χ2n) is 6.18. The van der Waals surface area contributed by atoms with Gasteiger partial charge in [0, 0.05) is 28.0 Å². The highest BCUT2D eigenvalue weighted by Gasteiger charge is 2.15. The SMILES string of the molecule is Cc1cc(Cl)ccc1C(=O)Nc1ccc(Cl)c(-c2nnc3c(Cl)cccn23)c1. The summed E-state index contributed by atoms with van der Waals surface area (Å²) in [5.74, 6) is 0.290. The zero-order valence-corrected chi connectivity index (χ0v) is 16.8. The summed E-state index contributed by atoms with van der Waals surface area (Å²) >= 11 is 18.5. The maximum absolute atomic E-state index is 12.6. The van der Waals surface area contributed by atoms with Crippen LogP contribution in [0.25, 0.3) is 17.0 Å². The lowest BCUT2D eigenvalue weighted by molar-refractivity contribution is 0.102. The van der Waals surface area contributed by atoms with Gasteiger partial charge in [-0.15, -0.1) is 10.2 Å². The molecule has 0 bridgehead atoms. The van der Waals surface area contributed by atoms with E-state index in [9.17, 15) is 4.79 Å². The number of nitrogens with one attached hydrogen (secondary N) is 1. The maximum Gasteiger partial charge on any atom is 0.255 e. The van der Waals surface area contributed by atoms with Crippen molar-refractivity contribution in [2.45, 2.75) is 6.92 Å². The first-order valence-electron chi connectivity index (χ1n) is 8.31. The molecule has 0 spiro atoms. The number of carbonyl (C=O) groups is 1. The number of pyridine rings is 1. The molecule has 0 saturated heterocycles. The van der Waals surface area contributed by atoms with Crippen molar-refractivity contribution in [1.82, 2.24) is 14.6 Å².